The van der Waals surface area contributed by atoms with Crippen molar-refractivity contribution in [2.24, 2.45) is 0 Å². The topological polar surface area (TPSA) is 32.3 Å². The zero-order chi connectivity index (χ0) is 13.6. The number of carbonyl (C=O) groups excluding carboxylic acids is 1. The first kappa shape index (κ1) is 13.9. The molecule has 0 aromatic rings. The van der Waals surface area contributed by atoms with E-state index in [1.807, 2.05) is 0 Å². The third kappa shape index (κ3) is 2.42. The highest BCUT2D eigenvalue weighted by molar-refractivity contribution is 5.88. The molecule has 1 aliphatic carbocycles. The van der Waals surface area contributed by atoms with Crippen LogP contribution in [-0.4, -0.2) is 34.0 Å². The molecule has 0 atom stereocenters. The molecule has 18 heavy (non-hydrogen) atoms. The Balaban J connectivity index is 2.33. The summed E-state index contributed by atoms with van der Waals surface area (Å²) < 4.78 is 0. The molecule has 1 spiro atoms. The minimum Gasteiger partial charge on any atom is -0.334 e. The largest absolute Gasteiger partial charge is 0.334 e. The minimum atomic E-state index is -0.284. The van der Waals surface area contributed by atoms with Gasteiger partial charge in [0.1, 0.15) is 0 Å². The molecule has 0 unspecified atom stereocenters. The molecule has 0 aromatic heterocycles. The van der Waals surface area contributed by atoms with Gasteiger partial charge in [-0.1, -0.05) is 19.3 Å². The molecule has 1 amide bonds. The molecule has 3 nitrogen and oxygen atoms in total. The first-order chi connectivity index (χ1) is 8.16. The van der Waals surface area contributed by atoms with Crippen LogP contribution in [0.4, 0.5) is 0 Å². The molecule has 1 saturated carbocycles. The Kier molecular flexibility index (Phi) is 3.25. The Morgan fingerprint density at radius 1 is 1.11 bits per heavy atom. The van der Waals surface area contributed by atoms with Crippen molar-refractivity contribution >= 4 is 5.91 Å². The molecule has 1 N–H and O–H groups in total. The Labute approximate surface area is 111 Å². The summed E-state index contributed by atoms with van der Waals surface area (Å²) in [6.45, 7) is 11.7. The van der Waals surface area contributed by atoms with E-state index in [9.17, 15) is 4.79 Å². The van der Waals surface area contributed by atoms with E-state index < -0.39 is 0 Å². The number of nitrogens with one attached hydrogen (secondary N) is 1. The summed E-state index contributed by atoms with van der Waals surface area (Å²) in [5.41, 5.74) is -0.354. The van der Waals surface area contributed by atoms with Gasteiger partial charge in [0, 0.05) is 17.6 Å². The molecule has 104 valence electrons. The molecule has 2 fully saturated rings. The fraction of sp³-hybridized carbons (Fsp3) is 0.933. The fourth-order valence-electron chi connectivity index (χ4n) is 3.50. The molecule has 1 saturated heterocycles. The zero-order valence-corrected chi connectivity index (χ0v) is 12.6. The van der Waals surface area contributed by atoms with Crippen molar-refractivity contribution in [2.75, 3.05) is 6.54 Å². The van der Waals surface area contributed by atoms with E-state index in [1.165, 1.54) is 19.3 Å². The van der Waals surface area contributed by atoms with Crippen LogP contribution in [0.15, 0.2) is 0 Å². The van der Waals surface area contributed by atoms with Crippen LogP contribution in [0.5, 0.6) is 0 Å². The molecule has 2 rings (SSSR count). The van der Waals surface area contributed by atoms with Crippen molar-refractivity contribution in [1.29, 1.82) is 0 Å². The van der Waals surface area contributed by atoms with Gasteiger partial charge in [0.2, 0.25) is 5.91 Å². The summed E-state index contributed by atoms with van der Waals surface area (Å²) in [4.78, 5) is 15.0. The first-order valence-electron chi connectivity index (χ1n) is 7.28. The highest BCUT2D eigenvalue weighted by Gasteiger charge is 2.51. The average Bonchev–Trinajstić information content (AvgIpc) is 2.23. The second-order valence-electron chi connectivity index (χ2n) is 7.71. The van der Waals surface area contributed by atoms with E-state index in [0.29, 0.717) is 5.91 Å². The maximum absolute atomic E-state index is 12.9. The molecular weight excluding hydrogens is 224 g/mol. The van der Waals surface area contributed by atoms with Gasteiger partial charge in [0.25, 0.3) is 0 Å². The standard InChI is InChI=1S/C15H28N2O/c1-13(2,3)17-11-14(4,5)16-15(12(17)18)9-7-6-8-10-15/h16H,6-11H2,1-5H3. The van der Waals surface area contributed by atoms with Gasteiger partial charge in [-0.15, -0.1) is 0 Å². The highest BCUT2D eigenvalue weighted by atomic mass is 16.2. The molecule has 0 bridgehead atoms. The Bertz CT molecular complexity index is 335. The van der Waals surface area contributed by atoms with Crippen LogP contribution in [0, 0.1) is 0 Å². The second kappa shape index (κ2) is 4.22. The van der Waals surface area contributed by atoms with Crippen molar-refractivity contribution in [1.82, 2.24) is 10.2 Å². The monoisotopic (exact) mass is 252 g/mol. The summed E-state index contributed by atoms with van der Waals surface area (Å²) in [5, 5.41) is 3.67. The van der Waals surface area contributed by atoms with Crippen molar-refractivity contribution in [2.45, 2.75) is 83.3 Å². The number of nitrogens with zero attached hydrogens (tertiary/aromatic N) is 1. The minimum absolute atomic E-state index is 0.0124. The van der Waals surface area contributed by atoms with Crippen LogP contribution in [0.25, 0.3) is 0 Å². The Morgan fingerprint density at radius 3 is 2.17 bits per heavy atom. The van der Waals surface area contributed by atoms with E-state index in [1.54, 1.807) is 0 Å². The maximum atomic E-state index is 12.9. The number of rotatable bonds is 0. The van der Waals surface area contributed by atoms with Gasteiger partial charge in [0.05, 0.1) is 5.54 Å². The van der Waals surface area contributed by atoms with Gasteiger partial charge < -0.3 is 4.90 Å². The average molecular weight is 252 g/mol. The Hall–Kier alpha value is -0.570. The molecule has 3 heteroatoms. The summed E-state index contributed by atoms with van der Waals surface area (Å²) >= 11 is 0. The SMILES string of the molecule is CC1(C)CN(C(C)(C)C)C(=O)C2(CCCCC2)N1. The van der Waals surface area contributed by atoms with E-state index >= 15 is 0 Å². The summed E-state index contributed by atoms with van der Waals surface area (Å²) in [6.07, 6.45) is 5.62. The van der Waals surface area contributed by atoms with Gasteiger partial charge in [-0.25, -0.2) is 0 Å². The number of hydrogen-bond donors (Lipinski definition) is 1. The summed E-state index contributed by atoms with van der Waals surface area (Å²) in [5.74, 6) is 0.328. The molecule has 1 heterocycles. The lowest BCUT2D eigenvalue weighted by molar-refractivity contribution is -0.153. The molecule has 0 aromatic carbocycles. The number of hydrogen-bond acceptors (Lipinski definition) is 2. The second-order valence-corrected chi connectivity index (χ2v) is 7.71. The van der Waals surface area contributed by atoms with Crippen LogP contribution < -0.4 is 5.32 Å². The summed E-state index contributed by atoms with van der Waals surface area (Å²) in [6, 6.07) is 0. The number of amides is 1. The smallest absolute Gasteiger partial charge is 0.243 e. The molecule has 2 aliphatic rings. The van der Waals surface area contributed by atoms with E-state index in [2.05, 4.69) is 44.8 Å². The Morgan fingerprint density at radius 2 is 1.67 bits per heavy atom. The lowest BCUT2D eigenvalue weighted by Gasteiger charge is -2.55. The highest BCUT2D eigenvalue weighted by Crippen LogP contribution is 2.37. The van der Waals surface area contributed by atoms with E-state index in [-0.39, 0.29) is 16.6 Å². The van der Waals surface area contributed by atoms with E-state index in [4.69, 9.17) is 0 Å². The van der Waals surface area contributed by atoms with E-state index in [0.717, 1.165) is 19.4 Å². The van der Waals surface area contributed by atoms with Crippen LogP contribution in [0.2, 0.25) is 0 Å². The molecule has 1 aliphatic heterocycles. The van der Waals surface area contributed by atoms with Crippen LogP contribution >= 0.6 is 0 Å². The van der Waals surface area contributed by atoms with Gasteiger partial charge in [0.15, 0.2) is 0 Å². The predicted molar refractivity (Wildman–Crippen MR) is 74.5 cm³/mol. The van der Waals surface area contributed by atoms with Gasteiger partial charge in [-0.05, 0) is 47.5 Å². The van der Waals surface area contributed by atoms with Crippen molar-refractivity contribution < 1.29 is 4.79 Å². The number of carbonyl (C=O) groups is 1. The molecule has 0 radical (unpaired) electrons. The van der Waals surface area contributed by atoms with Gasteiger partial charge in [-0.2, -0.15) is 0 Å². The quantitative estimate of drug-likeness (QED) is 0.719. The number of piperazine rings is 1. The van der Waals surface area contributed by atoms with Crippen LogP contribution in [0.1, 0.15) is 66.7 Å². The van der Waals surface area contributed by atoms with Crippen molar-refractivity contribution in [3.8, 4) is 0 Å². The summed E-state index contributed by atoms with van der Waals surface area (Å²) in [7, 11) is 0. The van der Waals surface area contributed by atoms with Crippen LogP contribution in [-0.2, 0) is 4.79 Å². The zero-order valence-electron chi connectivity index (χ0n) is 12.6. The lowest BCUT2D eigenvalue weighted by Crippen LogP contribution is -2.74. The normalized spacial score (nSPS) is 27.6. The third-order valence-electron chi connectivity index (χ3n) is 4.30. The van der Waals surface area contributed by atoms with Gasteiger partial charge in [-0.3, -0.25) is 10.1 Å². The lowest BCUT2D eigenvalue weighted by atomic mass is 9.75. The fourth-order valence-corrected chi connectivity index (χ4v) is 3.50. The van der Waals surface area contributed by atoms with Crippen molar-refractivity contribution in [3.05, 3.63) is 0 Å². The van der Waals surface area contributed by atoms with Gasteiger partial charge >= 0.3 is 0 Å². The molecular formula is C15H28N2O. The van der Waals surface area contributed by atoms with Crippen LogP contribution in [0.3, 0.4) is 0 Å². The first-order valence-corrected chi connectivity index (χ1v) is 7.28. The predicted octanol–water partition coefficient (Wildman–Crippen LogP) is 2.70. The maximum Gasteiger partial charge on any atom is 0.243 e. The third-order valence-corrected chi connectivity index (χ3v) is 4.30. The van der Waals surface area contributed by atoms with Crippen molar-refractivity contribution in [3.63, 3.8) is 0 Å².